The third-order valence-corrected chi connectivity index (χ3v) is 4.63. The average Bonchev–Trinajstić information content (AvgIpc) is 2.61. The monoisotopic (exact) mass is 262 g/mol. The van der Waals surface area contributed by atoms with Crippen LogP contribution < -0.4 is 5.32 Å². The number of nitrogens with one attached hydrogen (secondary N) is 1. The number of aromatic nitrogens is 2. The zero-order chi connectivity index (χ0) is 13.2. The van der Waals surface area contributed by atoms with Gasteiger partial charge in [0.1, 0.15) is 5.82 Å². The van der Waals surface area contributed by atoms with Gasteiger partial charge in [-0.15, -0.1) is 0 Å². The van der Waals surface area contributed by atoms with Crippen molar-refractivity contribution in [1.29, 1.82) is 0 Å². The number of nitrogens with zero attached hydrogens (tertiary/aromatic N) is 3. The summed E-state index contributed by atoms with van der Waals surface area (Å²) in [4.78, 5) is 2.43. The van der Waals surface area contributed by atoms with Crippen LogP contribution in [0.25, 0.3) is 0 Å². The predicted octanol–water partition coefficient (Wildman–Crippen LogP) is 2.46. The van der Waals surface area contributed by atoms with Crippen LogP contribution in [0.4, 0.5) is 5.82 Å². The molecule has 1 saturated heterocycles. The Morgan fingerprint density at radius 1 is 1.26 bits per heavy atom. The van der Waals surface area contributed by atoms with E-state index in [9.17, 15) is 0 Å². The van der Waals surface area contributed by atoms with E-state index in [1.54, 1.807) is 0 Å². The van der Waals surface area contributed by atoms with Gasteiger partial charge in [0.05, 0.1) is 5.69 Å². The van der Waals surface area contributed by atoms with Gasteiger partial charge in [-0.05, 0) is 59.2 Å². The minimum Gasteiger partial charge on any atom is -0.370 e. The maximum atomic E-state index is 4.94. The number of rotatable bonds is 2. The largest absolute Gasteiger partial charge is 0.370 e. The number of hydrogen-bond donors (Lipinski definition) is 1. The lowest BCUT2D eigenvalue weighted by Gasteiger charge is -2.28. The molecule has 4 heteroatoms. The summed E-state index contributed by atoms with van der Waals surface area (Å²) in [6, 6.07) is 0. The van der Waals surface area contributed by atoms with Crippen molar-refractivity contribution >= 4 is 5.82 Å². The standard InChI is InChI=1S/C15H26N4/c1-3-19-15-13(6-4-5-9-16-15)14(17-19)12-7-10-18(2)11-8-12/h12,16H,3-11H2,1-2H3. The van der Waals surface area contributed by atoms with E-state index in [1.807, 2.05) is 0 Å². The smallest absolute Gasteiger partial charge is 0.127 e. The van der Waals surface area contributed by atoms with Crippen LogP contribution in [0.15, 0.2) is 0 Å². The van der Waals surface area contributed by atoms with E-state index < -0.39 is 0 Å². The molecule has 0 aromatic carbocycles. The van der Waals surface area contributed by atoms with Gasteiger partial charge in [0.15, 0.2) is 0 Å². The molecule has 19 heavy (non-hydrogen) atoms. The van der Waals surface area contributed by atoms with E-state index in [1.165, 1.54) is 62.3 Å². The first-order valence-electron chi connectivity index (χ1n) is 7.81. The molecule has 0 unspecified atom stereocenters. The molecule has 0 aliphatic carbocycles. The molecule has 2 aliphatic rings. The van der Waals surface area contributed by atoms with Gasteiger partial charge in [0.25, 0.3) is 0 Å². The Labute approximate surface area is 116 Å². The summed E-state index contributed by atoms with van der Waals surface area (Å²) in [5, 5.41) is 8.54. The maximum absolute atomic E-state index is 4.94. The Bertz CT molecular complexity index is 430. The molecule has 1 aromatic rings. The number of aryl methyl sites for hydroxylation is 1. The molecule has 2 aliphatic heterocycles. The molecule has 0 atom stereocenters. The molecule has 1 N–H and O–H groups in total. The highest BCUT2D eigenvalue weighted by atomic mass is 15.3. The van der Waals surface area contributed by atoms with Gasteiger partial charge >= 0.3 is 0 Å². The van der Waals surface area contributed by atoms with Crippen LogP contribution in [0, 0.1) is 0 Å². The third-order valence-electron chi connectivity index (χ3n) is 4.63. The molecule has 0 radical (unpaired) electrons. The van der Waals surface area contributed by atoms with Crippen molar-refractivity contribution in [1.82, 2.24) is 14.7 Å². The van der Waals surface area contributed by atoms with E-state index >= 15 is 0 Å². The minimum absolute atomic E-state index is 0.678. The van der Waals surface area contributed by atoms with Gasteiger partial charge in [-0.2, -0.15) is 5.10 Å². The number of fused-ring (bicyclic) bond motifs is 1. The van der Waals surface area contributed by atoms with Crippen LogP contribution in [0.2, 0.25) is 0 Å². The second-order valence-corrected chi connectivity index (χ2v) is 5.99. The van der Waals surface area contributed by atoms with E-state index in [0.717, 1.165) is 13.1 Å². The van der Waals surface area contributed by atoms with Crippen LogP contribution in [-0.2, 0) is 13.0 Å². The topological polar surface area (TPSA) is 33.1 Å². The summed E-state index contributed by atoms with van der Waals surface area (Å²) in [5.74, 6) is 1.99. The van der Waals surface area contributed by atoms with Crippen molar-refractivity contribution in [3.8, 4) is 0 Å². The second-order valence-electron chi connectivity index (χ2n) is 5.99. The molecule has 0 spiro atoms. The summed E-state index contributed by atoms with van der Waals surface area (Å²) < 4.78 is 2.19. The van der Waals surface area contributed by atoms with E-state index in [4.69, 9.17) is 5.10 Å². The summed E-state index contributed by atoms with van der Waals surface area (Å²) in [5.41, 5.74) is 2.92. The Balaban J connectivity index is 1.90. The Morgan fingerprint density at radius 3 is 2.79 bits per heavy atom. The lowest BCUT2D eigenvalue weighted by Crippen LogP contribution is -2.29. The first-order valence-corrected chi connectivity index (χ1v) is 7.81. The molecule has 0 amide bonds. The quantitative estimate of drug-likeness (QED) is 0.889. The van der Waals surface area contributed by atoms with Crippen molar-refractivity contribution in [3.05, 3.63) is 11.3 Å². The molecular weight excluding hydrogens is 236 g/mol. The SMILES string of the molecule is CCn1nc(C2CCN(C)CC2)c2c1NCCCC2. The van der Waals surface area contributed by atoms with Crippen molar-refractivity contribution in [2.45, 2.75) is 51.5 Å². The fourth-order valence-electron chi connectivity index (χ4n) is 3.43. The molecule has 1 fully saturated rings. The summed E-state index contributed by atoms with van der Waals surface area (Å²) in [7, 11) is 2.23. The van der Waals surface area contributed by atoms with E-state index in [2.05, 4.69) is 28.9 Å². The van der Waals surface area contributed by atoms with E-state index in [0.29, 0.717) is 5.92 Å². The molecule has 106 valence electrons. The van der Waals surface area contributed by atoms with Gasteiger partial charge in [0.2, 0.25) is 0 Å². The Kier molecular flexibility index (Phi) is 3.78. The van der Waals surface area contributed by atoms with Crippen LogP contribution in [-0.4, -0.2) is 41.4 Å². The fourth-order valence-corrected chi connectivity index (χ4v) is 3.43. The van der Waals surface area contributed by atoms with Gasteiger partial charge in [-0.3, -0.25) is 0 Å². The van der Waals surface area contributed by atoms with Gasteiger partial charge in [-0.25, -0.2) is 4.68 Å². The Morgan fingerprint density at radius 2 is 2.05 bits per heavy atom. The van der Waals surface area contributed by atoms with Crippen LogP contribution in [0.3, 0.4) is 0 Å². The van der Waals surface area contributed by atoms with Crippen LogP contribution in [0.5, 0.6) is 0 Å². The highest BCUT2D eigenvalue weighted by Gasteiger charge is 2.27. The molecule has 0 saturated carbocycles. The van der Waals surface area contributed by atoms with Gasteiger partial charge in [0, 0.05) is 24.6 Å². The lowest BCUT2D eigenvalue weighted by atomic mass is 9.90. The zero-order valence-corrected chi connectivity index (χ0v) is 12.3. The molecule has 1 aromatic heterocycles. The van der Waals surface area contributed by atoms with Gasteiger partial charge in [-0.1, -0.05) is 0 Å². The number of likely N-dealkylation sites (tertiary alicyclic amines) is 1. The summed E-state index contributed by atoms with van der Waals surface area (Å²) >= 11 is 0. The van der Waals surface area contributed by atoms with E-state index in [-0.39, 0.29) is 0 Å². The number of anilines is 1. The highest BCUT2D eigenvalue weighted by molar-refractivity contribution is 5.50. The summed E-state index contributed by atoms with van der Waals surface area (Å²) in [6.07, 6.45) is 6.33. The van der Waals surface area contributed by atoms with Crippen molar-refractivity contribution in [2.75, 3.05) is 32.0 Å². The first-order chi connectivity index (χ1) is 9.29. The highest BCUT2D eigenvalue weighted by Crippen LogP contribution is 2.34. The Hall–Kier alpha value is -1.03. The fraction of sp³-hybridized carbons (Fsp3) is 0.800. The van der Waals surface area contributed by atoms with Gasteiger partial charge < -0.3 is 10.2 Å². The summed E-state index contributed by atoms with van der Waals surface area (Å²) in [6.45, 7) is 6.70. The first kappa shape index (κ1) is 13.0. The normalized spacial score (nSPS) is 21.8. The number of piperidine rings is 1. The average molecular weight is 262 g/mol. The lowest BCUT2D eigenvalue weighted by molar-refractivity contribution is 0.252. The zero-order valence-electron chi connectivity index (χ0n) is 12.3. The molecule has 3 heterocycles. The number of hydrogen-bond acceptors (Lipinski definition) is 3. The van der Waals surface area contributed by atoms with Crippen molar-refractivity contribution in [3.63, 3.8) is 0 Å². The minimum atomic E-state index is 0.678. The molecule has 4 nitrogen and oxygen atoms in total. The molecular formula is C15H26N4. The third kappa shape index (κ3) is 2.50. The van der Waals surface area contributed by atoms with Crippen molar-refractivity contribution in [2.24, 2.45) is 0 Å². The van der Waals surface area contributed by atoms with Crippen LogP contribution in [0.1, 0.15) is 49.8 Å². The molecule has 0 bridgehead atoms. The van der Waals surface area contributed by atoms with Crippen LogP contribution >= 0.6 is 0 Å². The second kappa shape index (κ2) is 5.53. The maximum Gasteiger partial charge on any atom is 0.127 e. The predicted molar refractivity (Wildman–Crippen MR) is 78.8 cm³/mol. The van der Waals surface area contributed by atoms with Crippen molar-refractivity contribution < 1.29 is 0 Å². The molecule has 3 rings (SSSR count).